The van der Waals surface area contributed by atoms with E-state index in [9.17, 15) is 4.79 Å². The van der Waals surface area contributed by atoms with Crippen LogP contribution in [0.25, 0.3) is 0 Å². The molecule has 1 aromatic rings. The van der Waals surface area contributed by atoms with Crippen molar-refractivity contribution in [3.8, 4) is 6.07 Å². The van der Waals surface area contributed by atoms with Gasteiger partial charge in [-0.25, -0.2) is 4.98 Å². The first-order valence-electron chi connectivity index (χ1n) is 4.52. The highest BCUT2D eigenvalue weighted by molar-refractivity contribution is 5.84. The fraction of sp³-hybridized carbons (Fsp3) is 0.300. The highest BCUT2D eigenvalue weighted by atomic mass is 16.2. The molecule has 0 spiro atoms. The van der Waals surface area contributed by atoms with Crippen LogP contribution in [-0.2, 0) is 4.79 Å². The molecule has 78 valence electrons. The van der Waals surface area contributed by atoms with Gasteiger partial charge in [0.1, 0.15) is 12.1 Å². The third-order valence-electron chi connectivity index (χ3n) is 1.93. The summed E-state index contributed by atoms with van der Waals surface area (Å²) in [4.78, 5) is 15.1. The zero-order valence-electron chi connectivity index (χ0n) is 8.61. The summed E-state index contributed by atoms with van der Waals surface area (Å²) in [6, 6.07) is 4.98. The van der Waals surface area contributed by atoms with Gasteiger partial charge in [-0.3, -0.25) is 4.79 Å². The fourth-order valence-electron chi connectivity index (χ4n) is 1.13. The van der Waals surface area contributed by atoms with Crippen LogP contribution in [0.5, 0.6) is 0 Å². The van der Waals surface area contributed by atoms with Gasteiger partial charge in [-0.15, -0.1) is 0 Å². The van der Waals surface area contributed by atoms with E-state index in [2.05, 4.69) is 15.6 Å². The number of likely N-dealkylation sites (N-methyl/N-ethyl adjacent to an activating group) is 1. The first-order valence-corrected chi connectivity index (χ1v) is 4.52. The Labute approximate surface area is 88.1 Å². The number of nitriles is 1. The molecule has 0 fully saturated rings. The van der Waals surface area contributed by atoms with E-state index >= 15 is 0 Å². The van der Waals surface area contributed by atoms with Crippen LogP contribution in [0.15, 0.2) is 18.3 Å². The van der Waals surface area contributed by atoms with Crippen LogP contribution in [0.1, 0.15) is 12.6 Å². The quantitative estimate of drug-likeness (QED) is 0.751. The molecule has 1 rings (SSSR count). The molecule has 0 aliphatic heterocycles. The molecule has 2 N–H and O–H groups in total. The summed E-state index contributed by atoms with van der Waals surface area (Å²) < 4.78 is 0. The van der Waals surface area contributed by atoms with Gasteiger partial charge in [0, 0.05) is 13.2 Å². The highest BCUT2D eigenvalue weighted by Gasteiger charge is 2.12. The zero-order chi connectivity index (χ0) is 11.3. The number of carbonyl (C=O) groups is 1. The molecule has 0 aromatic carbocycles. The number of nitrogens with zero attached hydrogens (tertiary/aromatic N) is 2. The smallest absolute Gasteiger partial charge is 0.241 e. The van der Waals surface area contributed by atoms with Crippen molar-refractivity contribution >= 4 is 11.6 Å². The van der Waals surface area contributed by atoms with Crippen molar-refractivity contribution in [3.63, 3.8) is 0 Å². The molecule has 0 saturated heterocycles. The van der Waals surface area contributed by atoms with Crippen LogP contribution in [0.3, 0.4) is 0 Å². The van der Waals surface area contributed by atoms with Crippen LogP contribution >= 0.6 is 0 Å². The first kappa shape index (κ1) is 11.0. The largest absolute Gasteiger partial charge is 0.372 e. The second-order valence-electron chi connectivity index (χ2n) is 2.99. The molecule has 0 aliphatic carbocycles. The van der Waals surface area contributed by atoms with Crippen molar-refractivity contribution in [2.24, 2.45) is 0 Å². The molecule has 1 heterocycles. The van der Waals surface area contributed by atoms with Crippen LogP contribution in [0.2, 0.25) is 0 Å². The predicted octanol–water partition coefficient (Wildman–Crippen LogP) is 0.500. The van der Waals surface area contributed by atoms with Crippen LogP contribution in [0.4, 0.5) is 5.69 Å². The Morgan fingerprint density at radius 2 is 2.40 bits per heavy atom. The van der Waals surface area contributed by atoms with Crippen molar-refractivity contribution in [1.29, 1.82) is 5.26 Å². The topological polar surface area (TPSA) is 77.8 Å². The maximum Gasteiger partial charge on any atom is 0.241 e. The van der Waals surface area contributed by atoms with E-state index in [4.69, 9.17) is 5.26 Å². The Morgan fingerprint density at radius 1 is 1.67 bits per heavy atom. The Balaban J connectivity index is 2.81. The number of hydrogen-bond acceptors (Lipinski definition) is 4. The van der Waals surface area contributed by atoms with Crippen LogP contribution in [0, 0.1) is 11.3 Å². The molecule has 1 unspecified atom stereocenters. The molecule has 0 aliphatic rings. The molecular weight excluding hydrogens is 192 g/mol. The molecule has 5 nitrogen and oxygen atoms in total. The van der Waals surface area contributed by atoms with E-state index in [1.165, 1.54) is 6.20 Å². The average molecular weight is 204 g/mol. The van der Waals surface area contributed by atoms with E-state index in [1.54, 1.807) is 26.1 Å². The number of carbonyl (C=O) groups excluding carboxylic acids is 1. The lowest BCUT2D eigenvalue weighted by Gasteiger charge is -2.13. The lowest BCUT2D eigenvalue weighted by atomic mass is 10.2. The summed E-state index contributed by atoms with van der Waals surface area (Å²) >= 11 is 0. The van der Waals surface area contributed by atoms with Gasteiger partial charge in [-0.2, -0.15) is 5.26 Å². The summed E-state index contributed by atoms with van der Waals surface area (Å²) in [6.45, 7) is 1.72. The number of aromatic nitrogens is 1. The second kappa shape index (κ2) is 4.96. The van der Waals surface area contributed by atoms with E-state index < -0.39 is 6.04 Å². The van der Waals surface area contributed by atoms with E-state index in [-0.39, 0.29) is 11.6 Å². The SMILES string of the molecule is CNC(=O)C(C)Nc1cccnc1C#N. The van der Waals surface area contributed by atoms with Crippen molar-refractivity contribution in [2.45, 2.75) is 13.0 Å². The third-order valence-corrected chi connectivity index (χ3v) is 1.93. The molecule has 0 bridgehead atoms. The molecule has 1 aromatic heterocycles. The summed E-state index contributed by atoms with van der Waals surface area (Å²) in [5.41, 5.74) is 0.851. The van der Waals surface area contributed by atoms with E-state index in [0.717, 1.165) is 0 Å². The van der Waals surface area contributed by atoms with Crippen molar-refractivity contribution < 1.29 is 4.79 Å². The zero-order valence-corrected chi connectivity index (χ0v) is 8.61. The van der Waals surface area contributed by atoms with Gasteiger partial charge in [0.2, 0.25) is 5.91 Å². The Hall–Kier alpha value is -2.09. The highest BCUT2D eigenvalue weighted by Crippen LogP contribution is 2.11. The average Bonchev–Trinajstić information content (AvgIpc) is 2.28. The standard InChI is InChI=1S/C10H12N4O/c1-7(10(15)12-2)14-8-4-3-5-13-9(8)6-11/h3-5,7,14H,1-2H3,(H,12,15). The Morgan fingerprint density at radius 3 is 3.00 bits per heavy atom. The minimum Gasteiger partial charge on any atom is -0.372 e. The summed E-state index contributed by atoms with van der Waals surface area (Å²) in [7, 11) is 1.56. The lowest BCUT2D eigenvalue weighted by Crippen LogP contribution is -2.35. The predicted molar refractivity (Wildman–Crippen MR) is 56.1 cm³/mol. The lowest BCUT2D eigenvalue weighted by molar-refractivity contribution is -0.121. The van der Waals surface area contributed by atoms with Gasteiger partial charge in [-0.1, -0.05) is 0 Å². The van der Waals surface area contributed by atoms with Gasteiger partial charge in [0.05, 0.1) is 5.69 Å². The van der Waals surface area contributed by atoms with Crippen LogP contribution in [-0.4, -0.2) is 24.0 Å². The fourth-order valence-corrected chi connectivity index (χ4v) is 1.13. The maximum absolute atomic E-state index is 11.2. The minimum atomic E-state index is -0.397. The number of hydrogen-bond donors (Lipinski definition) is 2. The van der Waals surface area contributed by atoms with Crippen LogP contribution < -0.4 is 10.6 Å². The van der Waals surface area contributed by atoms with Gasteiger partial charge in [0.25, 0.3) is 0 Å². The molecule has 1 atom stereocenters. The van der Waals surface area contributed by atoms with E-state index in [1.807, 2.05) is 6.07 Å². The first-order chi connectivity index (χ1) is 7.19. The summed E-state index contributed by atoms with van der Waals surface area (Å²) in [6.07, 6.45) is 1.54. The monoisotopic (exact) mass is 204 g/mol. The summed E-state index contributed by atoms with van der Waals surface area (Å²) in [5, 5.41) is 14.2. The Bertz CT molecular complexity index is 397. The molecule has 15 heavy (non-hydrogen) atoms. The van der Waals surface area contributed by atoms with Gasteiger partial charge in [-0.05, 0) is 19.1 Å². The molecular formula is C10H12N4O. The second-order valence-corrected chi connectivity index (χ2v) is 2.99. The molecule has 5 heteroatoms. The maximum atomic E-state index is 11.2. The van der Waals surface area contributed by atoms with Crippen molar-refractivity contribution in [1.82, 2.24) is 10.3 Å². The molecule has 0 radical (unpaired) electrons. The van der Waals surface area contributed by atoms with E-state index in [0.29, 0.717) is 5.69 Å². The van der Waals surface area contributed by atoms with Gasteiger partial charge >= 0.3 is 0 Å². The Kier molecular flexibility index (Phi) is 3.63. The molecule has 0 saturated carbocycles. The minimum absolute atomic E-state index is 0.136. The van der Waals surface area contributed by atoms with Gasteiger partial charge in [0.15, 0.2) is 5.69 Å². The number of amides is 1. The number of pyridine rings is 1. The molecule has 1 amide bonds. The number of anilines is 1. The normalized spacial score (nSPS) is 11.3. The van der Waals surface area contributed by atoms with Gasteiger partial charge < -0.3 is 10.6 Å². The number of nitrogens with one attached hydrogen (secondary N) is 2. The summed E-state index contributed by atoms with van der Waals surface area (Å²) in [5.74, 6) is -0.136. The number of rotatable bonds is 3. The van der Waals surface area contributed by atoms with Crippen molar-refractivity contribution in [2.75, 3.05) is 12.4 Å². The third kappa shape index (κ3) is 2.68. The van der Waals surface area contributed by atoms with Crippen molar-refractivity contribution in [3.05, 3.63) is 24.0 Å².